The maximum absolute atomic E-state index is 13.6. The molecule has 0 saturated heterocycles. The SMILES string of the molecule is CCCC(C)(C)c1scc(C)c1F. The summed E-state index contributed by atoms with van der Waals surface area (Å²) in [5.41, 5.74) is 0.779. The van der Waals surface area contributed by atoms with E-state index in [0.29, 0.717) is 0 Å². The summed E-state index contributed by atoms with van der Waals surface area (Å²) >= 11 is 1.55. The molecular weight excluding hydrogens is 183 g/mol. The fourth-order valence-electron chi connectivity index (χ4n) is 1.63. The van der Waals surface area contributed by atoms with Crippen LogP contribution in [0, 0.1) is 12.7 Å². The minimum absolute atomic E-state index is 0.00222. The van der Waals surface area contributed by atoms with Crippen molar-refractivity contribution < 1.29 is 4.39 Å². The maximum atomic E-state index is 13.6. The fourth-order valence-corrected chi connectivity index (χ4v) is 2.71. The lowest BCUT2D eigenvalue weighted by atomic mass is 9.86. The molecule has 0 radical (unpaired) electrons. The summed E-state index contributed by atoms with van der Waals surface area (Å²) in [6.45, 7) is 8.20. The van der Waals surface area contributed by atoms with Gasteiger partial charge in [-0.05, 0) is 24.3 Å². The molecule has 0 bridgehead atoms. The predicted molar refractivity (Wildman–Crippen MR) is 56.9 cm³/mol. The van der Waals surface area contributed by atoms with Gasteiger partial charge in [0.2, 0.25) is 0 Å². The topological polar surface area (TPSA) is 0 Å². The Morgan fingerprint density at radius 3 is 2.46 bits per heavy atom. The third-order valence-electron chi connectivity index (χ3n) is 2.39. The maximum Gasteiger partial charge on any atom is 0.140 e. The first-order valence-electron chi connectivity index (χ1n) is 4.73. The number of thiophene rings is 1. The van der Waals surface area contributed by atoms with E-state index in [9.17, 15) is 4.39 Å². The van der Waals surface area contributed by atoms with Crippen LogP contribution in [0.3, 0.4) is 0 Å². The highest BCUT2D eigenvalue weighted by Gasteiger charge is 2.25. The molecular formula is C11H17FS. The molecule has 1 rings (SSSR count). The van der Waals surface area contributed by atoms with Gasteiger partial charge >= 0.3 is 0 Å². The third kappa shape index (κ3) is 2.11. The van der Waals surface area contributed by atoms with Crippen LogP contribution >= 0.6 is 11.3 Å². The van der Waals surface area contributed by atoms with Gasteiger partial charge in [0.05, 0.1) is 0 Å². The molecule has 0 amide bonds. The molecule has 2 heteroatoms. The average Bonchev–Trinajstić information content (AvgIpc) is 2.33. The highest BCUT2D eigenvalue weighted by Crippen LogP contribution is 2.35. The van der Waals surface area contributed by atoms with E-state index in [2.05, 4.69) is 20.8 Å². The molecule has 0 spiro atoms. The van der Waals surface area contributed by atoms with E-state index in [4.69, 9.17) is 0 Å². The van der Waals surface area contributed by atoms with Crippen LogP contribution in [0.2, 0.25) is 0 Å². The lowest BCUT2D eigenvalue weighted by Gasteiger charge is -2.22. The molecule has 74 valence electrons. The highest BCUT2D eigenvalue weighted by molar-refractivity contribution is 7.10. The molecule has 0 aliphatic rings. The lowest BCUT2D eigenvalue weighted by molar-refractivity contribution is 0.455. The highest BCUT2D eigenvalue weighted by atomic mass is 32.1. The van der Waals surface area contributed by atoms with Gasteiger partial charge in [-0.1, -0.05) is 27.2 Å². The van der Waals surface area contributed by atoms with Crippen LogP contribution in [0.4, 0.5) is 4.39 Å². The van der Waals surface area contributed by atoms with Crippen molar-refractivity contribution in [2.45, 2.75) is 46.0 Å². The van der Waals surface area contributed by atoms with Crippen molar-refractivity contribution in [3.8, 4) is 0 Å². The van der Waals surface area contributed by atoms with Crippen LogP contribution in [0.5, 0.6) is 0 Å². The molecule has 1 aromatic rings. The molecule has 0 N–H and O–H groups in total. The summed E-state index contributed by atoms with van der Waals surface area (Å²) in [6.07, 6.45) is 2.15. The van der Waals surface area contributed by atoms with Crippen LogP contribution in [0.1, 0.15) is 44.1 Å². The summed E-state index contributed by atoms with van der Waals surface area (Å²) in [4.78, 5) is 0.909. The first-order valence-corrected chi connectivity index (χ1v) is 5.61. The molecule has 1 aromatic heterocycles. The first kappa shape index (κ1) is 10.7. The van der Waals surface area contributed by atoms with Crippen LogP contribution < -0.4 is 0 Å². The van der Waals surface area contributed by atoms with Crippen molar-refractivity contribution in [2.24, 2.45) is 0 Å². The third-order valence-corrected chi connectivity index (χ3v) is 3.83. The van der Waals surface area contributed by atoms with E-state index in [-0.39, 0.29) is 11.2 Å². The van der Waals surface area contributed by atoms with Crippen LogP contribution in [-0.2, 0) is 5.41 Å². The van der Waals surface area contributed by atoms with Gasteiger partial charge in [-0.25, -0.2) is 4.39 Å². The Morgan fingerprint density at radius 2 is 2.08 bits per heavy atom. The fraction of sp³-hybridized carbons (Fsp3) is 0.636. The van der Waals surface area contributed by atoms with Gasteiger partial charge in [-0.2, -0.15) is 0 Å². The minimum atomic E-state index is -0.00222. The van der Waals surface area contributed by atoms with E-state index in [1.807, 2.05) is 12.3 Å². The second kappa shape index (κ2) is 3.79. The van der Waals surface area contributed by atoms with E-state index in [1.54, 1.807) is 11.3 Å². The summed E-state index contributed by atoms with van der Waals surface area (Å²) < 4.78 is 13.6. The molecule has 13 heavy (non-hydrogen) atoms. The Bertz CT molecular complexity index is 286. The number of halogens is 1. The number of rotatable bonds is 3. The zero-order valence-corrected chi connectivity index (χ0v) is 9.59. The van der Waals surface area contributed by atoms with E-state index < -0.39 is 0 Å². The number of aryl methyl sites for hydroxylation is 1. The van der Waals surface area contributed by atoms with Crippen molar-refractivity contribution in [3.05, 3.63) is 21.6 Å². The normalized spacial score (nSPS) is 12.1. The molecule has 0 aromatic carbocycles. The van der Waals surface area contributed by atoms with Crippen molar-refractivity contribution in [3.63, 3.8) is 0 Å². The van der Waals surface area contributed by atoms with Gasteiger partial charge in [0.25, 0.3) is 0 Å². The standard InChI is InChI=1S/C11H17FS/c1-5-6-11(3,4)10-9(12)8(2)7-13-10/h7H,5-6H2,1-4H3. The molecule has 0 nitrogen and oxygen atoms in total. The van der Waals surface area contributed by atoms with Gasteiger partial charge < -0.3 is 0 Å². The Kier molecular flexibility index (Phi) is 3.12. The molecule has 0 saturated carbocycles. The van der Waals surface area contributed by atoms with Crippen molar-refractivity contribution in [1.82, 2.24) is 0 Å². The van der Waals surface area contributed by atoms with Crippen LogP contribution in [0.25, 0.3) is 0 Å². The predicted octanol–water partition coefficient (Wildman–Crippen LogP) is 4.27. The largest absolute Gasteiger partial charge is 0.205 e. The molecule has 0 aliphatic carbocycles. The molecule has 0 unspecified atom stereocenters. The minimum Gasteiger partial charge on any atom is -0.205 e. The van der Waals surface area contributed by atoms with Gasteiger partial charge in [0, 0.05) is 10.3 Å². The molecule has 0 aliphatic heterocycles. The summed E-state index contributed by atoms with van der Waals surface area (Å²) in [6, 6.07) is 0. The zero-order valence-electron chi connectivity index (χ0n) is 8.78. The Labute approximate surface area is 83.8 Å². The summed E-state index contributed by atoms with van der Waals surface area (Å²) in [7, 11) is 0. The van der Waals surface area contributed by atoms with Crippen molar-refractivity contribution >= 4 is 11.3 Å². The van der Waals surface area contributed by atoms with Crippen LogP contribution in [0.15, 0.2) is 5.38 Å². The van der Waals surface area contributed by atoms with Crippen molar-refractivity contribution in [1.29, 1.82) is 0 Å². The second-order valence-corrected chi connectivity index (χ2v) is 5.08. The number of hydrogen-bond donors (Lipinski definition) is 0. The summed E-state index contributed by atoms with van der Waals surface area (Å²) in [5, 5.41) is 1.90. The smallest absolute Gasteiger partial charge is 0.140 e. The van der Waals surface area contributed by atoms with Crippen molar-refractivity contribution in [2.75, 3.05) is 0 Å². The Morgan fingerprint density at radius 1 is 1.46 bits per heavy atom. The first-order chi connectivity index (χ1) is 5.99. The zero-order chi connectivity index (χ0) is 10.1. The van der Waals surface area contributed by atoms with Gasteiger partial charge in [0.15, 0.2) is 0 Å². The van der Waals surface area contributed by atoms with E-state index in [1.165, 1.54) is 0 Å². The quantitative estimate of drug-likeness (QED) is 0.683. The van der Waals surface area contributed by atoms with Gasteiger partial charge in [-0.15, -0.1) is 11.3 Å². The molecule has 1 heterocycles. The number of hydrogen-bond acceptors (Lipinski definition) is 1. The van der Waals surface area contributed by atoms with Gasteiger partial charge in [0.1, 0.15) is 5.82 Å². The van der Waals surface area contributed by atoms with E-state index in [0.717, 1.165) is 23.3 Å². The van der Waals surface area contributed by atoms with Gasteiger partial charge in [-0.3, -0.25) is 0 Å². The molecule has 0 fully saturated rings. The summed E-state index contributed by atoms with van der Waals surface area (Å²) in [5.74, 6) is 0.00319. The lowest BCUT2D eigenvalue weighted by Crippen LogP contribution is -2.16. The Hall–Kier alpha value is -0.370. The van der Waals surface area contributed by atoms with E-state index >= 15 is 0 Å². The average molecular weight is 200 g/mol. The second-order valence-electron chi connectivity index (χ2n) is 4.20. The monoisotopic (exact) mass is 200 g/mol. The van der Waals surface area contributed by atoms with Crippen LogP contribution in [-0.4, -0.2) is 0 Å². The Balaban J connectivity index is 2.99. The molecule has 0 atom stereocenters.